The van der Waals surface area contributed by atoms with Gasteiger partial charge in [-0.15, -0.1) is 11.3 Å². The number of benzene rings is 3. The van der Waals surface area contributed by atoms with Crippen molar-refractivity contribution in [2.24, 2.45) is 0 Å². The maximum absolute atomic E-state index is 5.03. The fourth-order valence-corrected chi connectivity index (χ4v) is 6.57. The van der Waals surface area contributed by atoms with E-state index in [0.717, 1.165) is 23.4 Å². The molecule has 0 aliphatic heterocycles. The molecular weight excluding hydrogens is 461 g/mol. The molecule has 4 aromatic rings. The molecule has 3 aromatic carbocycles. The Bertz CT molecular complexity index is 1170. The van der Waals surface area contributed by atoms with Crippen molar-refractivity contribution in [3.8, 4) is 21.7 Å². The smallest absolute Gasteiger partial charge is 0.124 e. The van der Waals surface area contributed by atoms with Gasteiger partial charge in [-0.2, -0.15) is 0 Å². The highest BCUT2D eigenvalue weighted by Crippen LogP contribution is 2.55. The van der Waals surface area contributed by atoms with E-state index in [1.54, 1.807) is 0 Å². The Morgan fingerprint density at radius 3 is 2.33 bits per heavy atom. The minimum absolute atomic E-state index is 0.0769. The van der Waals surface area contributed by atoms with Gasteiger partial charge in [-0.25, -0.2) is 4.98 Å². The predicted octanol–water partition coefficient (Wildman–Crippen LogP) is 7.65. The monoisotopic (exact) mass is 481 g/mol. The van der Waals surface area contributed by atoms with E-state index < -0.39 is 0 Å². The quantitative estimate of drug-likeness (QED) is 0.274. The van der Waals surface area contributed by atoms with Crippen LogP contribution in [0.15, 0.2) is 60.7 Å². The number of rotatable bonds is 3. The third kappa shape index (κ3) is 2.37. The molecular formula is C24H20INS. The van der Waals surface area contributed by atoms with Gasteiger partial charge in [-0.05, 0) is 69.8 Å². The van der Waals surface area contributed by atoms with E-state index in [-0.39, 0.29) is 5.41 Å². The molecule has 1 aliphatic carbocycles. The summed E-state index contributed by atoms with van der Waals surface area (Å²) in [7, 11) is 0. The lowest BCUT2D eigenvalue weighted by atomic mass is 9.72. The number of halogens is 1. The van der Waals surface area contributed by atoms with Crippen LogP contribution >= 0.6 is 33.9 Å². The first-order valence-electron chi connectivity index (χ1n) is 9.48. The van der Waals surface area contributed by atoms with Crippen LogP contribution in [0.1, 0.15) is 37.8 Å². The van der Waals surface area contributed by atoms with Crippen LogP contribution in [-0.4, -0.2) is 4.98 Å². The highest BCUT2D eigenvalue weighted by molar-refractivity contribution is 14.1. The molecule has 0 saturated heterocycles. The van der Waals surface area contributed by atoms with Crippen molar-refractivity contribution in [3.05, 3.63) is 75.4 Å². The summed E-state index contributed by atoms with van der Waals surface area (Å²) in [5.41, 5.74) is 8.24. The van der Waals surface area contributed by atoms with Gasteiger partial charge in [0.1, 0.15) is 5.01 Å². The summed E-state index contributed by atoms with van der Waals surface area (Å²) in [6.45, 7) is 4.65. The molecule has 0 atom stereocenters. The highest BCUT2D eigenvalue weighted by atomic mass is 127. The van der Waals surface area contributed by atoms with E-state index in [0.29, 0.717) is 0 Å². The van der Waals surface area contributed by atoms with Crippen LogP contribution in [0.25, 0.3) is 31.9 Å². The highest BCUT2D eigenvalue weighted by Gasteiger charge is 2.42. The summed E-state index contributed by atoms with van der Waals surface area (Å²) in [4.78, 5) is 5.03. The third-order valence-electron chi connectivity index (χ3n) is 6.08. The minimum Gasteiger partial charge on any atom is -0.236 e. The Morgan fingerprint density at radius 2 is 1.56 bits per heavy atom. The molecule has 0 bridgehead atoms. The first-order valence-corrected chi connectivity index (χ1v) is 11.4. The predicted molar refractivity (Wildman–Crippen MR) is 125 cm³/mol. The Morgan fingerprint density at radius 1 is 0.852 bits per heavy atom. The number of nitrogens with zero attached hydrogens (tertiary/aromatic N) is 1. The van der Waals surface area contributed by atoms with Crippen molar-refractivity contribution in [3.63, 3.8) is 0 Å². The van der Waals surface area contributed by atoms with Crippen LogP contribution in [0.2, 0.25) is 0 Å². The van der Waals surface area contributed by atoms with Crippen molar-refractivity contribution >= 4 is 44.1 Å². The largest absolute Gasteiger partial charge is 0.236 e. The molecule has 0 fully saturated rings. The van der Waals surface area contributed by atoms with Crippen molar-refractivity contribution in [1.29, 1.82) is 0 Å². The Kier molecular flexibility index (Phi) is 4.13. The first kappa shape index (κ1) is 17.4. The molecule has 5 rings (SSSR count). The normalized spacial score (nSPS) is 14.3. The fraction of sp³-hybridized carbons (Fsp3) is 0.208. The van der Waals surface area contributed by atoms with E-state index in [2.05, 4.69) is 97.1 Å². The van der Waals surface area contributed by atoms with Crippen LogP contribution < -0.4 is 0 Å². The Labute approximate surface area is 177 Å². The zero-order valence-corrected chi connectivity index (χ0v) is 18.4. The SMILES string of the molecule is CCC1(CC)c2ccccc2-c2cccc(-c3nc4cccc(I)c4s3)c21. The van der Waals surface area contributed by atoms with E-state index in [9.17, 15) is 0 Å². The van der Waals surface area contributed by atoms with Gasteiger partial charge in [0.25, 0.3) is 0 Å². The third-order valence-corrected chi connectivity index (χ3v) is 8.48. The number of hydrogen-bond acceptors (Lipinski definition) is 2. The van der Waals surface area contributed by atoms with Gasteiger partial charge < -0.3 is 0 Å². The molecule has 3 heteroatoms. The lowest BCUT2D eigenvalue weighted by molar-refractivity contribution is 0.491. The van der Waals surface area contributed by atoms with Crippen LogP contribution in [0.4, 0.5) is 0 Å². The van der Waals surface area contributed by atoms with Gasteiger partial charge in [-0.3, -0.25) is 0 Å². The maximum atomic E-state index is 5.03. The van der Waals surface area contributed by atoms with E-state index in [1.165, 1.54) is 36.1 Å². The zero-order valence-electron chi connectivity index (χ0n) is 15.4. The van der Waals surface area contributed by atoms with Crippen LogP contribution in [0.3, 0.4) is 0 Å². The molecule has 1 nitrogen and oxygen atoms in total. The number of fused-ring (bicyclic) bond motifs is 4. The van der Waals surface area contributed by atoms with E-state index in [4.69, 9.17) is 4.98 Å². The molecule has 27 heavy (non-hydrogen) atoms. The topological polar surface area (TPSA) is 12.9 Å². The molecule has 0 radical (unpaired) electrons. The molecule has 0 spiro atoms. The fourth-order valence-electron chi connectivity index (χ4n) is 4.76. The van der Waals surface area contributed by atoms with Gasteiger partial charge in [0.15, 0.2) is 0 Å². The molecule has 0 unspecified atom stereocenters. The Hall–Kier alpha value is -1.72. The average molecular weight is 481 g/mol. The van der Waals surface area contributed by atoms with Crippen molar-refractivity contribution in [2.45, 2.75) is 32.1 Å². The molecule has 0 saturated carbocycles. The van der Waals surface area contributed by atoms with Crippen LogP contribution in [0.5, 0.6) is 0 Å². The molecule has 0 amide bonds. The Balaban J connectivity index is 1.84. The molecule has 1 aliphatic rings. The van der Waals surface area contributed by atoms with Gasteiger partial charge in [0, 0.05) is 14.5 Å². The van der Waals surface area contributed by atoms with Gasteiger partial charge >= 0.3 is 0 Å². The van der Waals surface area contributed by atoms with E-state index in [1.807, 2.05) is 11.3 Å². The van der Waals surface area contributed by atoms with Gasteiger partial charge in [-0.1, -0.05) is 62.4 Å². The summed E-state index contributed by atoms with van der Waals surface area (Å²) >= 11 is 4.24. The number of aromatic nitrogens is 1. The molecule has 134 valence electrons. The first-order chi connectivity index (χ1) is 13.2. The van der Waals surface area contributed by atoms with Crippen molar-refractivity contribution in [2.75, 3.05) is 0 Å². The van der Waals surface area contributed by atoms with Gasteiger partial charge in [0.05, 0.1) is 10.2 Å². The standard InChI is InChI=1S/C24H20INS/c1-3-24(4-2)18-12-6-5-9-15(18)16-10-7-11-17(21(16)24)23-26-20-14-8-13-19(25)22(20)27-23/h5-14H,3-4H2,1-2H3. The number of hydrogen-bond donors (Lipinski definition) is 0. The van der Waals surface area contributed by atoms with Crippen LogP contribution in [0, 0.1) is 3.57 Å². The summed E-state index contributed by atoms with van der Waals surface area (Å²) in [5, 5.41) is 1.14. The van der Waals surface area contributed by atoms with Crippen LogP contribution in [-0.2, 0) is 5.41 Å². The van der Waals surface area contributed by atoms with Gasteiger partial charge in [0.2, 0.25) is 0 Å². The lowest BCUT2D eigenvalue weighted by Crippen LogP contribution is -2.23. The molecule has 1 heterocycles. The summed E-state index contributed by atoms with van der Waals surface area (Å²) in [5.74, 6) is 0. The zero-order chi connectivity index (χ0) is 18.6. The maximum Gasteiger partial charge on any atom is 0.124 e. The van der Waals surface area contributed by atoms with Crippen molar-refractivity contribution in [1.82, 2.24) is 4.98 Å². The summed E-state index contributed by atoms with van der Waals surface area (Å²) < 4.78 is 2.57. The second-order valence-electron chi connectivity index (χ2n) is 7.17. The second-order valence-corrected chi connectivity index (χ2v) is 9.33. The molecule has 0 N–H and O–H groups in total. The van der Waals surface area contributed by atoms with E-state index >= 15 is 0 Å². The average Bonchev–Trinajstić information content (AvgIpc) is 3.27. The number of thiazole rings is 1. The molecule has 1 aromatic heterocycles. The second kappa shape index (κ2) is 6.42. The lowest BCUT2D eigenvalue weighted by Gasteiger charge is -2.31. The summed E-state index contributed by atoms with van der Waals surface area (Å²) in [6.07, 6.45) is 2.21. The summed E-state index contributed by atoms with van der Waals surface area (Å²) in [6, 6.07) is 22.1. The van der Waals surface area contributed by atoms with Crippen molar-refractivity contribution < 1.29 is 0 Å². The minimum atomic E-state index is 0.0769.